The Morgan fingerprint density at radius 2 is 1.70 bits per heavy atom. The van der Waals surface area contributed by atoms with E-state index in [1.807, 2.05) is 78.2 Å². The molecule has 0 aliphatic carbocycles. The van der Waals surface area contributed by atoms with Crippen LogP contribution in [-0.4, -0.2) is 35.3 Å². The molecule has 0 fully saturated rings. The second-order valence-corrected chi connectivity index (χ2v) is 7.45. The number of hydrogen-bond donors (Lipinski definition) is 0. The van der Waals surface area contributed by atoms with Crippen molar-refractivity contribution in [3.8, 4) is 16.3 Å². The van der Waals surface area contributed by atoms with Gasteiger partial charge in [0.05, 0.1) is 10.6 Å². The van der Waals surface area contributed by atoms with Gasteiger partial charge in [0.1, 0.15) is 5.69 Å². The smallest absolute Gasteiger partial charge is 0.357 e. The summed E-state index contributed by atoms with van der Waals surface area (Å²) >= 11 is 1.54. The van der Waals surface area contributed by atoms with Crippen LogP contribution >= 0.6 is 11.3 Å². The van der Waals surface area contributed by atoms with Crippen LogP contribution in [0, 0.1) is 0 Å². The van der Waals surface area contributed by atoms with E-state index in [9.17, 15) is 9.59 Å². The van der Waals surface area contributed by atoms with Gasteiger partial charge in [0.15, 0.2) is 12.3 Å². The predicted molar refractivity (Wildman–Crippen MR) is 117 cm³/mol. The molecule has 1 amide bonds. The number of anilines is 1. The van der Waals surface area contributed by atoms with Crippen molar-refractivity contribution in [3.05, 3.63) is 89.9 Å². The van der Waals surface area contributed by atoms with Gasteiger partial charge in [-0.25, -0.2) is 9.48 Å². The van der Waals surface area contributed by atoms with Gasteiger partial charge in [-0.2, -0.15) is 5.10 Å². The molecule has 0 saturated heterocycles. The Labute approximate surface area is 178 Å². The fourth-order valence-corrected chi connectivity index (χ4v) is 3.61. The van der Waals surface area contributed by atoms with Gasteiger partial charge in [0.25, 0.3) is 5.91 Å². The van der Waals surface area contributed by atoms with Crippen LogP contribution in [0.4, 0.5) is 5.69 Å². The van der Waals surface area contributed by atoms with Crippen molar-refractivity contribution in [1.29, 1.82) is 0 Å². The second kappa shape index (κ2) is 8.75. The maximum Gasteiger partial charge on any atom is 0.357 e. The number of carbonyl (C=O) groups is 2. The number of esters is 1. The van der Waals surface area contributed by atoms with Crippen molar-refractivity contribution in [2.45, 2.75) is 0 Å². The zero-order valence-corrected chi connectivity index (χ0v) is 17.1. The minimum Gasteiger partial charge on any atom is -0.451 e. The molecule has 0 aliphatic rings. The summed E-state index contributed by atoms with van der Waals surface area (Å²) in [5.41, 5.74) is 2.40. The Morgan fingerprint density at radius 1 is 1.00 bits per heavy atom. The standard InChI is InChI=1S/C23H19N3O3S/c1-25(17-9-4-2-5-10-17)22(27)16-29-23(28)20-15-19(21-13-8-14-30-21)24-26(20)18-11-6-3-7-12-18/h2-15H,16H2,1H3. The van der Waals surface area contributed by atoms with Crippen molar-refractivity contribution in [1.82, 2.24) is 9.78 Å². The van der Waals surface area contributed by atoms with Crippen LogP contribution < -0.4 is 4.90 Å². The Balaban J connectivity index is 1.55. The number of carbonyl (C=O) groups excluding carboxylic acids is 2. The van der Waals surface area contributed by atoms with E-state index in [1.54, 1.807) is 17.8 Å². The zero-order chi connectivity index (χ0) is 20.9. The Kier molecular flexibility index (Phi) is 5.72. The molecule has 150 valence electrons. The van der Waals surface area contributed by atoms with Crippen molar-refractivity contribution in [2.75, 3.05) is 18.6 Å². The van der Waals surface area contributed by atoms with E-state index in [0.717, 1.165) is 16.3 Å². The first-order valence-electron chi connectivity index (χ1n) is 9.31. The molecular formula is C23H19N3O3S. The number of nitrogens with zero attached hydrogens (tertiary/aromatic N) is 3. The topological polar surface area (TPSA) is 64.4 Å². The van der Waals surface area contributed by atoms with Crippen molar-refractivity contribution in [3.63, 3.8) is 0 Å². The number of amides is 1. The average Bonchev–Trinajstić information content (AvgIpc) is 3.48. The van der Waals surface area contributed by atoms with E-state index in [-0.39, 0.29) is 18.2 Å². The number of hydrogen-bond acceptors (Lipinski definition) is 5. The highest BCUT2D eigenvalue weighted by atomic mass is 32.1. The molecule has 4 aromatic rings. The largest absolute Gasteiger partial charge is 0.451 e. The van der Waals surface area contributed by atoms with Gasteiger partial charge >= 0.3 is 5.97 Å². The van der Waals surface area contributed by atoms with Crippen LogP contribution in [0.3, 0.4) is 0 Å². The molecule has 6 nitrogen and oxygen atoms in total. The van der Waals surface area contributed by atoms with Crippen molar-refractivity contribution >= 4 is 28.9 Å². The number of thiophene rings is 1. The van der Waals surface area contributed by atoms with Crippen LogP contribution in [0.15, 0.2) is 84.2 Å². The number of benzene rings is 2. The lowest BCUT2D eigenvalue weighted by atomic mass is 10.3. The number of ether oxygens (including phenoxy) is 1. The monoisotopic (exact) mass is 417 g/mol. The number of likely N-dealkylation sites (N-methyl/N-ethyl adjacent to an activating group) is 1. The summed E-state index contributed by atoms with van der Waals surface area (Å²) in [5.74, 6) is -0.928. The van der Waals surface area contributed by atoms with Gasteiger partial charge in [-0.05, 0) is 35.7 Å². The molecule has 2 aromatic carbocycles. The van der Waals surface area contributed by atoms with Crippen molar-refractivity contribution in [2.24, 2.45) is 0 Å². The molecule has 0 saturated carbocycles. The third-order valence-electron chi connectivity index (χ3n) is 4.54. The summed E-state index contributed by atoms with van der Waals surface area (Å²) in [6.45, 7) is -0.363. The van der Waals surface area contributed by atoms with Crippen LogP contribution in [-0.2, 0) is 9.53 Å². The molecule has 0 bridgehead atoms. The lowest BCUT2D eigenvalue weighted by Crippen LogP contribution is -2.31. The first-order chi connectivity index (χ1) is 14.6. The van der Waals surface area contributed by atoms with Gasteiger partial charge in [0.2, 0.25) is 0 Å². The van der Waals surface area contributed by atoms with E-state index in [0.29, 0.717) is 5.69 Å². The molecular weight excluding hydrogens is 398 g/mol. The number of rotatable bonds is 6. The fraction of sp³-hybridized carbons (Fsp3) is 0.0870. The highest BCUT2D eigenvalue weighted by Crippen LogP contribution is 2.26. The van der Waals surface area contributed by atoms with E-state index in [1.165, 1.54) is 16.2 Å². The summed E-state index contributed by atoms with van der Waals surface area (Å²) < 4.78 is 6.88. The quantitative estimate of drug-likeness (QED) is 0.436. The van der Waals surface area contributed by atoms with E-state index < -0.39 is 5.97 Å². The van der Waals surface area contributed by atoms with Crippen LogP contribution in [0.2, 0.25) is 0 Å². The first-order valence-corrected chi connectivity index (χ1v) is 10.2. The first kappa shape index (κ1) is 19.6. The lowest BCUT2D eigenvalue weighted by molar-refractivity contribution is -0.121. The summed E-state index contributed by atoms with van der Waals surface area (Å²) in [6.07, 6.45) is 0. The van der Waals surface area contributed by atoms with Gasteiger partial charge < -0.3 is 9.64 Å². The zero-order valence-electron chi connectivity index (χ0n) is 16.3. The average molecular weight is 417 g/mol. The molecule has 4 rings (SSSR count). The summed E-state index contributed by atoms with van der Waals surface area (Å²) in [5, 5.41) is 6.54. The van der Waals surface area contributed by atoms with Crippen LogP contribution in [0.5, 0.6) is 0 Å². The third-order valence-corrected chi connectivity index (χ3v) is 5.43. The van der Waals surface area contributed by atoms with Gasteiger partial charge in [-0.1, -0.05) is 42.5 Å². The van der Waals surface area contributed by atoms with Crippen LogP contribution in [0.1, 0.15) is 10.5 Å². The molecule has 0 radical (unpaired) electrons. The normalized spacial score (nSPS) is 10.6. The fourth-order valence-electron chi connectivity index (χ4n) is 2.93. The Morgan fingerprint density at radius 3 is 2.37 bits per heavy atom. The summed E-state index contributed by atoms with van der Waals surface area (Å²) in [7, 11) is 1.65. The molecule has 0 unspecified atom stereocenters. The maximum absolute atomic E-state index is 12.8. The Hall–Kier alpha value is -3.71. The van der Waals surface area contributed by atoms with Crippen LogP contribution in [0.25, 0.3) is 16.3 Å². The van der Waals surface area contributed by atoms with E-state index in [2.05, 4.69) is 5.10 Å². The maximum atomic E-state index is 12.8. The molecule has 2 aromatic heterocycles. The second-order valence-electron chi connectivity index (χ2n) is 6.50. The molecule has 0 aliphatic heterocycles. The van der Waals surface area contributed by atoms with Gasteiger partial charge in [0, 0.05) is 18.8 Å². The molecule has 0 N–H and O–H groups in total. The highest BCUT2D eigenvalue weighted by Gasteiger charge is 2.21. The minimum atomic E-state index is -0.607. The summed E-state index contributed by atoms with van der Waals surface area (Å²) in [4.78, 5) is 27.7. The number of aromatic nitrogens is 2. The molecule has 7 heteroatoms. The molecule has 30 heavy (non-hydrogen) atoms. The summed E-state index contributed by atoms with van der Waals surface area (Å²) in [6, 6.07) is 24.1. The predicted octanol–water partition coefficient (Wildman–Crippen LogP) is 4.42. The van der Waals surface area contributed by atoms with Gasteiger partial charge in [-0.3, -0.25) is 4.79 Å². The SMILES string of the molecule is CN(C(=O)COC(=O)c1cc(-c2cccs2)nn1-c1ccccc1)c1ccccc1. The van der Waals surface area contributed by atoms with E-state index >= 15 is 0 Å². The van der Waals surface area contributed by atoms with Gasteiger partial charge in [-0.15, -0.1) is 11.3 Å². The Bertz CT molecular complexity index is 1140. The minimum absolute atomic E-state index is 0.264. The molecule has 0 spiro atoms. The molecule has 0 atom stereocenters. The third kappa shape index (κ3) is 4.16. The van der Waals surface area contributed by atoms with E-state index in [4.69, 9.17) is 4.74 Å². The molecule has 2 heterocycles. The number of para-hydroxylation sites is 2. The highest BCUT2D eigenvalue weighted by molar-refractivity contribution is 7.13. The van der Waals surface area contributed by atoms with Crippen molar-refractivity contribution < 1.29 is 14.3 Å². The lowest BCUT2D eigenvalue weighted by Gasteiger charge is -2.17.